The fourth-order valence-electron chi connectivity index (χ4n) is 2.35. The number of amides is 1. The molecule has 6 nitrogen and oxygen atoms in total. The number of hydrogen-bond donors (Lipinski definition) is 1. The predicted octanol–water partition coefficient (Wildman–Crippen LogP) is 1.76. The molecule has 0 aromatic heterocycles. The molecule has 0 unspecified atom stereocenters. The molecule has 1 amide bonds. The summed E-state index contributed by atoms with van der Waals surface area (Å²) in [4.78, 5) is 23.7. The van der Waals surface area contributed by atoms with Gasteiger partial charge in [0.15, 0.2) is 17.6 Å². The van der Waals surface area contributed by atoms with Crippen molar-refractivity contribution in [2.45, 2.75) is 38.8 Å². The summed E-state index contributed by atoms with van der Waals surface area (Å²) < 4.78 is 15.7. The molecular weight excluding hydrogens is 286 g/mol. The minimum absolute atomic E-state index is 0.0240. The minimum Gasteiger partial charge on any atom is -0.454 e. The molecule has 118 valence electrons. The normalized spacial score (nSPS) is 17.5. The Bertz CT molecular complexity index is 582. The van der Waals surface area contributed by atoms with Crippen molar-refractivity contribution in [2.75, 3.05) is 6.79 Å². The molecule has 1 aliphatic carbocycles. The van der Waals surface area contributed by atoms with Gasteiger partial charge >= 0.3 is 5.97 Å². The SMILES string of the molecule is C[C@@H](OC(=O)C1CCC1)C(=O)NCc1ccc2c(c1)OCO2. The van der Waals surface area contributed by atoms with Crippen molar-refractivity contribution in [3.8, 4) is 11.5 Å². The zero-order chi connectivity index (χ0) is 15.5. The van der Waals surface area contributed by atoms with Crippen molar-refractivity contribution in [3.63, 3.8) is 0 Å². The third-order valence-corrected chi connectivity index (χ3v) is 4.00. The highest BCUT2D eigenvalue weighted by atomic mass is 16.7. The van der Waals surface area contributed by atoms with E-state index in [0.717, 1.165) is 24.8 Å². The Hall–Kier alpha value is -2.24. The number of hydrogen-bond acceptors (Lipinski definition) is 5. The van der Waals surface area contributed by atoms with Crippen LogP contribution in [0.5, 0.6) is 11.5 Å². The molecule has 2 aliphatic rings. The van der Waals surface area contributed by atoms with E-state index in [2.05, 4.69) is 5.32 Å². The number of benzene rings is 1. The van der Waals surface area contributed by atoms with Crippen LogP contribution in [0.4, 0.5) is 0 Å². The number of carbonyl (C=O) groups is 2. The number of rotatable bonds is 5. The van der Waals surface area contributed by atoms with Crippen molar-refractivity contribution in [3.05, 3.63) is 23.8 Å². The maximum atomic E-state index is 12.0. The van der Waals surface area contributed by atoms with Crippen LogP contribution in [0.25, 0.3) is 0 Å². The lowest BCUT2D eigenvalue weighted by Gasteiger charge is -2.24. The van der Waals surface area contributed by atoms with Gasteiger partial charge in [0.05, 0.1) is 5.92 Å². The molecule has 1 heterocycles. The van der Waals surface area contributed by atoms with Gasteiger partial charge in [-0.15, -0.1) is 0 Å². The third kappa shape index (κ3) is 3.16. The largest absolute Gasteiger partial charge is 0.454 e. The standard InChI is InChI=1S/C16H19NO5/c1-10(22-16(19)12-3-2-4-12)15(18)17-8-11-5-6-13-14(7-11)21-9-20-13/h5-7,10,12H,2-4,8-9H2,1H3,(H,17,18)/t10-/m1/s1. The quantitative estimate of drug-likeness (QED) is 0.839. The minimum atomic E-state index is -0.776. The zero-order valence-electron chi connectivity index (χ0n) is 12.5. The van der Waals surface area contributed by atoms with Crippen LogP contribution in [0.2, 0.25) is 0 Å². The summed E-state index contributed by atoms with van der Waals surface area (Å²) in [6.45, 7) is 2.16. The molecule has 0 spiro atoms. The molecule has 1 fully saturated rings. The van der Waals surface area contributed by atoms with E-state index in [1.807, 2.05) is 18.2 Å². The lowest BCUT2D eigenvalue weighted by atomic mass is 9.86. The van der Waals surface area contributed by atoms with Crippen LogP contribution in [0.1, 0.15) is 31.7 Å². The van der Waals surface area contributed by atoms with Gasteiger partial charge in [0.1, 0.15) is 0 Å². The van der Waals surface area contributed by atoms with Crippen LogP contribution in [0, 0.1) is 5.92 Å². The molecule has 1 atom stereocenters. The number of nitrogens with one attached hydrogen (secondary N) is 1. The summed E-state index contributed by atoms with van der Waals surface area (Å²) in [5.41, 5.74) is 0.898. The second kappa shape index (κ2) is 6.25. The highest BCUT2D eigenvalue weighted by Crippen LogP contribution is 2.32. The van der Waals surface area contributed by atoms with E-state index in [9.17, 15) is 9.59 Å². The average molecular weight is 305 g/mol. The average Bonchev–Trinajstić information content (AvgIpc) is 2.90. The Balaban J connectivity index is 1.48. The lowest BCUT2D eigenvalue weighted by Crippen LogP contribution is -2.37. The fourth-order valence-corrected chi connectivity index (χ4v) is 2.35. The van der Waals surface area contributed by atoms with E-state index in [4.69, 9.17) is 14.2 Å². The molecule has 1 saturated carbocycles. The number of esters is 1. The molecular formula is C16H19NO5. The molecule has 1 aromatic carbocycles. The molecule has 1 aromatic rings. The maximum Gasteiger partial charge on any atom is 0.309 e. The first-order valence-corrected chi connectivity index (χ1v) is 7.50. The zero-order valence-corrected chi connectivity index (χ0v) is 12.5. The highest BCUT2D eigenvalue weighted by molar-refractivity contribution is 5.84. The Labute approximate surface area is 128 Å². The van der Waals surface area contributed by atoms with Crippen molar-refractivity contribution in [2.24, 2.45) is 5.92 Å². The molecule has 6 heteroatoms. The Kier molecular flexibility index (Phi) is 4.18. The Morgan fingerprint density at radius 3 is 2.82 bits per heavy atom. The van der Waals surface area contributed by atoms with Gasteiger partial charge < -0.3 is 19.5 Å². The fraction of sp³-hybridized carbons (Fsp3) is 0.500. The van der Waals surface area contributed by atoms with Crippen LogP contribution in [-0.4, -0.2) is 24.8 Å². The van der Waals surface area contributed by atoms with Gasteiger partial charge in [-0.25, -0.2) is 0 Å². The van der Waals surface area contributed by atoms with Crippen molar-refractivity contribution in [1.82, 2.24) is 5.32 Å². The molecule has 0 radical (unpaired) electrons. The van der Waals surface area contributed by atoms with Gasteiger partial charge in [-0.2, -0.15) is 0 Å². The Morgan fingerprint density at radius 1 is 1.32 bits per heavy atom. The van der Waals surface area contributed by atoms with Crippen LogP contribution in [-0.2, 0) is 20.9 Å². The van der Waals surface area contributed by atoms with E-state index in [1.54, 1.807) is 6.92 Å². The van der Waals surface area contributed by atoms with Crippen LogP contribution >= 0.6 is 0 Å². The van der Waals surface area contributed by atoms with Crippen molar-refractivity contribution in [1.29, 1.82) is 0 Å². The van der Waals surface area contributed by atoms with E-state index in [-0.39, 0.29) is 24.6 Å². The monoisotopic (exact) mass is 305 g/mol. The van der Waals surface area contributed by atoms with E-state index < -0.39 is 6.10 Å². The van der Waals surface area contributed by atoms with Gasteiger partial charge in [-0.3, -0.25) is 9.59 Å². The van der Waals surface area contributed by atoms with Crippen LogP contribution < -0.4 is 14.8 Å². The predicted molar refractivity (Wildman–Crippen MR) is 77.3 cm³/mol. The highest BCUT2D eigenvalue weighted by Gasteiger charge is 2.29. The lowest BCUT2D eigenvalue weighted by molar-refractivity contribution is -0.161. The first kappa shape index (κ1) is 14.7. The summed E-state index contributed by atoms with van der Waals surface area (Å²) in [5.74, 6) is 0.792. The van der Waals surface area contributed by atoms with E-state index >= 15 is 0 Å². The van der Waals surface area contributed by atoms with Gasteiger partial charge in [0.2, 0.25) is 6.79 Å². The first-order chi connectivity index (χ1) is 10.6. The van der Waals surface area contributed by atoms with Gasteiger partial charge in [0, 0.05) is 6.54 Å². The first-order valence-electron chi connectivity index (χ1n) is 7.50. The summed E-state index contributed by atoms with van der Waals surface area (Å²) in [5, 5.41) is 2.76. The molecule has 1 aliphatic heterocycles. The number of ether oxygens (including phenoxy) is 3. The second-order valence-electron chi connectivity index (χ2n) is 5.61. The third-order valence-electron chi connectivity index (χ3n) is 4.00. The topological polar surface area (TPSA) is 73.9 Å². The second-order valence-corrected chi connectivity index (χ2v) is 5.61. The number of fused-ring (bicyclic) bond motifs is 1. The van der Waals surface area contributed by atoms with Crippen molar-refractivity contribution >= 4 is 11.9 Å². The number of carbonyl (C=O) groups excluding carboxylic acids is 2. The van der Waals surface area contributed by atoms with Crippen LogP contribution in [0.15, 0.2) is 18.2 Å². The van der Waals surface area contributed by atoms with Gasteiger partial charge in [-0.05, 0) is 37.5 Å². The summed E-state index contributed by atoms with van der Waals surface area (Å²) in [6, 6.07) is 5.50. The molecule has 0 bridgehead atoms. The molecule has 3 rings (SSSR count). The molecule has 22 heavy (non-hydrogen) atoms. The molecule has 1 N–H and O–H groups in total. The Morgan fingerprint density at radius 2 is 2.09 bits per heavy atom. The summed E-state index contributed by atoms with van der Waals surface area (Å²) >= 11 is 0. The summed E-state index contributed by atoms with van der Waals surface area (Å²) in [6.07, 6.45) is 2.02. The van der Waals surface area contributed by atoms with Gasteiger partial charge in [-0.1, -0.05) is 12.5 Å². The van der Waals surface area contributed by atoms with Crippen LogP contribution in [0.3, 0.4) is 0 Å². The van der Waals surface area contributed by atoms with Gasteiger partial charge in [0.25, 0.3) is 5.91 Å². The smallest absolute Gasteiger partial charge is 0.309 e. The molecule has 0 saturated heterocycles. The maximum absolute atomic E-state index is 12.0. The van der Waals surface area contributed by atoms with E-state index in [1.165, 1.54) is 0 Å². The van der Waals surface area contributed by atoms with E-state index in [0.29, 0.717) is 18.0 Å². The summed E-state index contributed by atoms with van der Waals surface area (Å²) in [7, 11) is 0. The van der Waals surface area contributed by atoms with Crippen molar-refractivity contribution < 1.29 is 23.8 Å².